The Balaban J connectivity index is 2.78. The van der Waals surface area contributed by atoms with Crippen LogP contribution in [0.2, 0.25) is 0 Å². The molecule has 1 aliphatic rings. The summed E-state index contributed by atoms with van der Waals surface area (Å²) in [6.07, 6.45) is -0.487. The van der Waals surface area contributed by atoms with E-state index < -0.39 is 24.2 Å². The van der Waals surface area contributed by atoms with Crippen molar-refractivity contribution in [1.29, 1.82) is 0 Å². The van der Waals surface area contributed by atoms with E-state index in [-0.39, 0.29) is 18.9 Å². The lowest BCUT2D eigenvalue weighted by Gasteiger charge is -2.28. The number of likely N-dealkylation sites (tertiary alicyclic amines) is 1. The number of aliphatic hydroxyl groups excluding tert-OH is 1. The number of likely N-dealkylation sites (N-methyl/N-ethyl adjacent to an activating group) is 1. The number of carbonyl (C=O) groups excluding carboxylic acids is 1. The van der Waals surface area contributed by atoms with Gasteiger partial charge in [0.05, 0.1) is 12.1 Å². The molecule has 2 N–H and O–H groups in total. The minimum absolute atomic E-state index is 0.152. The zero-order chi connectivity index (χ0) is 12.5. The summed E-state index contributed by atoms with van der Waals surface area (Å²) in [6.45, 7) is 1.90. The van der Waals surface area contributed by atoms with Crippen LogP contribution in [0.3, 0.4) is 0 Å². The molecule has 1 aliphatic heterocycles. The molecule has 16 heavy (non-hydrogen) atoms. The molecule has 0 radical (unpaired) electrons. The van der Waals surface area contributed by atoms with Crippen molar-refractivity contribution in [2.75, 3.05) is 20.6 Å². The number of β-amino-alcohol motifs (C(OH)–C–C–N with tert-alkyl or cyclic N) is 1. The first kappa shape index (κ1) is 12.9. The van der Waals surface area contributed by atoms with Crippen molar-refractivity contribution in [3.8, 4) is 0 Å². The van der Waals surface area contributed by atoms with Gasteiger partial charge in [-0.2, -0.15) is 0 Å². The first-order chi connectivity index (χ1) is 7.34. The summed E-state index contributed by atoms with van der Waals surface area (Å²) in [5.74, 6) is -1.14. The first-order valence-corrected chi connectivity index (χ1v) is 5.22. The van der Waals surface area contributed by atoms with Crippen molar-refractivity contribution in [1.82, 2.24) is 9.80 Å². The van der Waals surface area contributed by atoms with E-state index in [0.717, 1.165) is 0 Å². The second kappa shape index (κ2) is 4.80. The maximum absolute atomic E-state index is 11.7. The molecule has 6 nitrogen and oxygen atoms in total. The molecular weight excluding hydrogens is 212 g/mol. The highest BCUT2D eigenvalue weighted by Gasteiger charge is 2.40. The minimum atomic E-state index is -0.991. The van der Waals surface area contributed by atoms with Gasteiger partial charge in [-0.1, -0.05) is 0 Å². The lowest BCUT2D eigenvalue weighted by molar-refractivity contribution is -0.145. The number of aliphatic hydroxyl groups is 1. The quantitative estimate of drug-likeness (QED) is 0.649. The van der Waals surface area contributed by atoms with Gasteiger partial charge < -0.3 is 15.1 Å². The Bertz CT molecular complexity index is 293. The first-order valence-electron chi connectivity index (χ1n) is 5.22. The van der Waals surface area contributed by atoms with Gasteiger partial charge in [0.2, 0.25) is 5.91 Å². The predicted molar refractivity (Wildman–Crippen MR) is 56.9 cm³/mol. The van der Waals surface area contributed by atoms with Crippen LogP contribution in [0.1, 0.15) is 13.3 Å². The van der Waals surface area contributed by atoms with E-state index in [1.54, 1.807) is 21.0 Å². The van der Waals surface area contributed by atoms with Gasteiger partial charge in [-0.3, -0.25) is 14.5 Å². The van der Waals surface area contributed by atoms with Crippen LogP contribution in [0.5, 0.6) is 0 Å². The summed E-state index contributed by atoms with van der Waals surface area (Å²) in [5.41, 5.74) is 0. The molecule has 0 aromatic rings. The van der Waals surface area contributed by atoms with Gasteiger partial charge >= 0.3 is 5.97 Å². The van der Waals surface area contributed by atoms with Crippen LogP contribution < -0.4 is 0 Å². The monoisotopic (exact) mass is 230 g/mol. The summed E-state index contributed by atoms with van der Waals surface area (Å²) in [4.78, 5) is 25.7. The minimum Gasteiger partial charge on any atom is -0.480 e. The van der Waals surface area contributed by atoms with Gasteiger partial charge in [0.15, 0.2) is 0 Å². The third-order valence-corrected chi connectivity index (χ3v) is 2.90. The molecule has 1 amide bonds. The summed E-state index contributed by atoms with van der Waals surface area (Å²) in [5, 5.41) is 18.5. The number of amides is 1. The van der Waals surface area contributed by atoms with Gasteiger partial charge in [0.25, 0.3) is 0 Å². The number of carbonyl (C=O) groups is 2. The van der Waals surface area contributed by atoms with Crippen molar-refractivity contribution in [3.05, 3.63) is 0 Å². The summed E-state index contributed by atoms with van der Waals surface area (Å²) in [7, 11) is 3.25. The molecule has 3 unspecified atom stereocenters. The molecule has 3 atom stereocenters. The average Bonchev–Trinajstić information content (AvgIpc) is 2.58. The van der Waals surface area contributed by atoms with Crippen LogP contribution in [-0.4, -0.2) is 70.7 Å². The molecule has 92 valence electrons. The Labute approximate surface area is 94.4 Å². The number of hydrogen-bond acceptors (Lipinski definition) is 4. The zero-order valence-corrected chi connectivity index (χ0v) is 9.75. The Morgan fingerprint density at radius 2 is 2.00 bits per heavy atom. The number of rotatable bonds is 3. The van der Waals surface area contributed by atoms with Gasteiger partial charge in [0, 0.05) is 27.1 Å². The highest BCUT2D eigenvalue weighted by molar-refractivity contribution is 5.82. The van der Waals surface area contributed by atoms with E-state index >= 15 is 0 Å². The standard InChI is InChI=1S/C10H18N2O4/c1-6(9(14)11(2)3)12-5-7(13)4-8(12)10(15)16/h6-8,13H,4-5H2,1-3H3,(H,15,16). The van der Waals surface area contributed by atoms with Crippen molar-refractivity contribution in [2.45, 2.75) is 31.5 Å². The Hall–Kier alpha value is -1.14. The van der Waals surface area contributed by atoms with Crippen LogP contribution in [-0.2, 0) is 9.59 Å². The number of hydrogen-bond donors (Lipinski definition) is 2. The molecule has 1 rings (SSSR count). The zero-order valence-electron chi connectivity index (χ0n) is 9.75. The molecule has 0 aromatic heterocycles. The predicted octanol–water partition coefficient (Wildman–Crippen LogP) is -1.02. The van der Waals surface area contributed by atoms with E-state index in [2.05, 4.69) is 0 Å². The van der Waals surface area contributed by atoms with Gasteiger partial charge in [-0.25, -0.2) is 0 Å². The van der Waals surface area contributed by atoms with Crippen LogP contribution in [0.15, 0.2) is 0 Å². The number of nitrogens with zero attached hydrogens (tertiary/aromatic N) is 2. The van der Waals surface area contributed by atoms with E-state index in [0.29, 0.717) is 0 Å². The van der Waals surface area contributed by atoms with Crippen LogP contribution >= 0.6 is 0 Å². The van der Waals surface area contributed by atoms with Gasteiger partial charge in [-0.15, -0.1) is 0 Å². The lowest BCUT2D eigenvalue weighted by atomic mass is 10.2. The molecular formula is C10H18N2O4. The van der Waals surface area contributed by atoms with Crippen LogP contribution in [0.4, 0.5) is 0 Å². The third kappa shape index (κ3) is 2.51. The summed E-state index contributed by atoms with van der Waals surface area (Å²) < 4.78 is 0. The van der Waals surface area contributed by atoms with Gasteiger partial charge in [0.1, 0.15) is 6.04 Å². The molecule has 0 aliphatic carbocycles. The second-order valence-electron chi connectivity index (χ2n) is 4.35. The fourth-order valence-corrected chi connectivity index (χ4v) is 2.02. The normalized spacial score (nSPS) is 27.8. The molecule has 1 heterocycles. The molecule has 1 saturated heterocycles. The Morgan fingerprint density at radius 1 is 1.44 bits per heavy atom. The lowest BCUT2D eigenvalue weighted by Crippen LogP contribution is -2.49. The topological polar surface area (TPSA) is 81.1 Å². The number of carboxylic acid groups (broad SMARTS) is 1. The molecule has 0 bridgehead atoms. The van der Waals surface area contributed by atoms with Crippen molar-refractivity contribution < 1.29 is 19.8 Å². The second-order valence-corrected chi connectivity index (χ2v) is 4.35. The smallest absolute Gasteiger partial charge is 0.321 e. The summed E-state index contributed by atoms with van der Waals surface area (Å²) >= 11 is 0. The van der Waals surface area contributed by atoms with E-state index in [9.17, 15) is 14.7 Å². The number of carboxylic acids is 1. The van der Waals surface area contributed by atoms with Crippen LogP contribution in [0.25, 0.3) is 0 Å². The van der Waals surface area contributed by atoms with E-state index in [1.165, 1.54) is 9.80 Å². The Kier molecular flexibility index (Phi) is 3.88. The largest absolute Gasteiger partial charge is 0.480 e. The number of aliphatic carboxylic acids is 1. The Morgan fingerprint density at radius 3 is 2.44 bits per heavy atom. The van der Waals surface area contributed by atoms with E-state index in [1.807, 2.05) is 0 Å². The van der Waals surface area contributed by atoms with Crippen molar-refractivity contribution >= 4 is 11.9 Å². The fraction of sp³-hybridized carbons (Fsp3) is 0.800. The fourth-order valence-electron chi connectivity index (χ4n) is 2.02. The van der Waals surface area contributed by atoms with Crippen molar-refractivity contribution in [3.63, 3.8) is 0 Å². The maximum Gasteiger partial charge on any atom is 0.321 e. The van der Waals surface area contributed by atoms with Crippen LogP contribution in [0, 0.1) is 0 Å². The molecule has 1 fully saturated rings. The summed E-state index contributed by atoms with van der Waals surface area (Å²) in [6, 6.07) is -1.29. The molecule has 6 heteroatoms. The average molecular weight is 230 g/mol. The van der Waals surface area contributed by atoms with Gasteiger partial charge in [-0.05, 0) is 6.92 Å². The molecule has 0 spiro atoms. The van der Waals surface area contributed by atoms with E-state index in [4.69, 9.17) is 5.11 Å². The third-order valence-electron chi connectivity index (χ3n) is 2.90. The highest BCUT2D eigenvalue weighted by atomic mass is 16.4. The molecule has 0 saturated carbocycles. The molecule has 0 aromatic carbocycles. The highest BCUT2D eigenvalue weighted by Crippen LogP contribution is 2.21. The van der Waals surface area contributed by atoms with Crippen molar-refractivity contribution in [2.24, 2.45) is 0 Å². The SMILES string of the molecule is CC(C(=O)N(C)C)N1CC(O)CC1C(=O)O. The maximum atomic E-state index is 11.7.